The van der Waals surface area contributed by atoms with Crippen molar-refractivity contribution in [3.05, 3.63) is 24.3 Å². The highest BCUT2D eigenvalue weighted by Crippen LogP contribution is 2.25. The third kappa shape index (κ3) is 2.30. The molecule has 5 heteroatoms. The number of carbonyl (C=O) groups is 2. The number of Topliss-reactive ketones (excluding diaryl/α,β-unsaturated/α-hetero) is 1. The molecule has 1 aromatic carbocycles. The number of esters is 1. The van der Waals surface area contributed by atoms with Crippen molar-refractivity contribution >= 4 is 17.4 Å². The predicted molar refractivity (Wildman–Crippen MR) is 65.7 cm³/mol. The second-order valence-corrected chi connectivity index (χ2v) is 4.12. The van der Waals surface area contributed by atoms with Crippen LogP contribution in [0.25, 0.3) is 0 Å². The van der Waals surface area contributed by atoms with Crippen LogP contribution in [0.3, 0.4) is 0 Å². The molecule has 5 nitrogen and oxygen atoms in total. The maximum absolute atomic E-state index is 11.7. The number of ether oxygens (including phenoxy) is 2. The largest absolute Gasteiger partial charge is 0.497 e. The molecule has 96 valence electrons. The summed E-state index contributed by atoms with van der Waals surface area (Å²) in [7, 11) is 2.88. The van der Waals surface area contributed by atoms with E-state index in [4.69, 9.17) is 4.74 Å². The lowest BCUT2D eigenvalue weighted by atomic mass is 10.1. The lowest BCUT2D eigenvalue weighted by Crippen LogP contribution is -2.24. The Labute approximate surface area is 105 Å². The van der Waals surface area contributed by atoms with E-state index in [9.17, 15) is 9.59 Å². The molecule has 1 atom stereocenters. The minimum atomic E-state index is -0.679. The van der Waals surface area contributed by atoms with E-state index in [1.54, 1.807) is 7.11 Å². The number of rotatable bonds is 3. The summed E-state index contributed by atoms with van der Waals surface area (Å²) < 4.78 is 9.76. The maximum atomic E-state index is 11.7. The van der Waals surface area contributed by atoms with Crippen LogP contribution in [-0.4, -0.2) is 39.1 Å². The molecule has 0 radical (unpaired) electrons. The molecule has 1 aliphatic heterocycles. The Kier molecular flexibility index (Phi) is 3.50. The van der Waals surface area contributed by atoms with Gasteiger partial charge in [0.15, 0.2) is 5.78 Å². The number of hydrogen-bond acceptors (Lipinski definition) is 5. The van der Waals surface area contributed by atoms with Crippen molar-refractivity contribution in [2.75, 3.05) is 32.2 Å². The fourth-order valence-electron chi connectivity index (χ4n) is 2.04. The van der Waals surface area contributed by atoms with Gasteiger partial charge in [-0.2, -0.15) is 0 Å². The Hall–Kier alpha value is -2.04. The summed E-state index contributed by atoms with van der Waals surface area (Å²) in [6, 6.07) is 7.41. The van der Waals surface area contributed by atoms with Crippen molar-refractivity contribution in [1.82, 2.24) is 0 Å². The SMILES string of the molecule is COC(=O)C1CN(c2cccc(OC)c2)CC1=O. The summed E-state index contributed by atoms with van der Waals surface area (Å²) in [5.41, 5.74) is 0.870. The summed E-state index contributed by atoms with van der Waals surface area (Å²) in [6.07, 6.45) is 0. The van der Waals surface area contributed by atoms with Crippen LogP contribution in [0.15, 0.2) is 24.3 Å². The molecule has 0 aromatic heterocycles. The summed E-state index contributed by atoms with van der Waals surface area (Å²) >= 11 is 0. The van der Waals surface area contributed by atoms with Crippen LogP contribution in [0.5, 0.6) is 5.75 Å². The minimum Gasteiger partial charge on any atom is -0.497 e. The van der Waals surface area contributed by atoms with Gasteiger partial charge in [-0.15, -0.1) is 0 Å². The van der Waals surface area contributed by atoms with Gasteiger partial charge < -0.3 is 14.4 Å². The van der Waals surface area contributed by atoms with Gasteiger partial charge in [-0.1, -0.05) is 6.07 Å². The van der Waals surface area contributed by atoms with Crippen LogP contribution >= 0.6 is 0 Å². The van der Waals surface area contributed by atoms with Crippen molar-refractivity contribution in [1.29, 1.82) is 0 Å². The van der Waals surface area contributed by atoms with Crippen LogP contribution in [0.1, 0.15) is 0 Å². The molecule has 1 heterocycles. The monoisotopic (exact) mass is 249 g/mol. The standard InChI is InChI=1S/C13H15NO4/c1-17-10-5-3-4-9(6-10)14-7-11(12(15)8-14)13(16)18-2/h3-6,11H,7-8H2,1-2H3. The molecule has 0 N–H and O–H groups in total. The van der Waals surface area contributed by atoms with E-state index in [-0.39, 0.29) is 12.3 Å². The van der Waals surface area contributed by atoms with E-state index in [1.807, 2.05) is 29.2 Å². The molecule has 2 rings (SSSR count). The first-order chi connectivity index (χ1) is 8.65. The van der Waals surface area contributed by atoms with E-state index in [0.29, 0.717) is 6.54 Å². The highest BCUT2D eigenvalue weighted by Gasteiger charge is 2.37. The number of carbonyl (C=O) groups excluding carboxylic acids is 2. The highest BCUT2D eigenvalue weighted by molar-refractivity contribution is 6.04. The Morgan fingerprint density at radius 3 is 2.83 bits per heavy atom. The number of hydrogen-bond donors (Lipinski definition) is 0. The zero-order valence-corrected chi connectivity index (χ0v) is 10.4. The number of methoxy groups -OCH3 is 2. The maximum Gasteiger partial charge on any atom is 0.318 e. The van der Waals surface area contributed by atoms with Gasteiger partial charge in [-0.25, -0.2) is 0 Å². The lowest BCUT2D eigenvalue weighted by molar-refractivity contribution is -0.147. The van der Waals surface area contributed by atoms with Crippen LogP contribution in [0.2, 0.25) is 0 Å². The van der Waals surface area contributed by atoms with Gasteiger partial charge in [0.25, 0.3) is 0 Å². The first kappa shape index (κ1) is 12.4. The first-order valence-corrected chi connectivity index (χ1v) is 5.65. The van der Waals surface area contributed by atoms with Gasteiger partial charge in [0, 0.05) is 18.3 Å². The Morgan fingerprint density at radius 1 is 1.39 bits per heavy atom. The zero-order valence-electron chi connectivity index (χ0n) is 10.4. The Balaban J connectivity index is 2.16. The number of nitrogens with zero attached hydrogens (tertiary/aromatic N) is 1. The molecular weight excluding hydrogens is 234 g/mol. The van der Waals surface area contributed by atoms with E-state index in [0.717, 1.165) is 11.4 Å². The molecule has 1 aliphatic rings. The molecule has 1 fully saturated rings. The molecule has 1 aromatic rings. The number of ketones is 1. The van der Waals surface area contributed by atoms with E-state index >= 15 is 0 Å². The minimum absolute atomic E-state index is 0.107. The van der Waals surface area contributed by atoms with Crippen LogP contribution in [0.4, 0.5) is 5.69 Å². The summed E-state index contributed by atoms with van der Waals surface area (Å²) in [5, 5.41) is 0. The van der Waals surface area contributed by atoms with E-state index in [2.05, 4.69) is 4.74 Å². The lowest BCUT2D eigenvalue weighted by Gasteiger charge is -2.17. The average molecular weight is 249 g/mol. The van der Waals surface area contributed by atoms with Gasteiger partial charge in [0.05, 0.1) is 20.8 Å². The van der Waals surface area contributed by atoms with Crippen LogP contribution < -0.4 is 9.64 Å². The molecule has 0 spiro atoms. The predicted octanol–water partition coefficient (Wildman–Crippen LogP) is 0.873. The first-order valence-electron chi connectivity index (χ1n) is 5.65. The number of benzene rings is 1. The highest BCUT2D eigenvalue weighted by atomic mass is 16.5. The van der Waals surface area contributed by atoms with Crippen molar-refractivity contribution in [2.45, 2.75) is 0 Å². The third-order valence-corrected chi connectivity index (χ3v) is 3.04. The number of anilines is 1. The third-order valence-electron chi connectivity index (χ3n) is 3.04. The molecule has 0 bridgehead atoms. The van der Waals surface area contributed by atoms with Crippen molar-refractivity contribution < 1.29 is 19.1 Å². The van der Waals surface area contributed by atoms with Crippen LogP contribution in [-0.2, 0) is 14.3 Å². The fourth-order valence-corrected chi connectivity index (χ4v) is 2.04. The molecule has 18 heavy (non-hydrogen) atoms. The Morgan fingerprint density at radius 2 is 2.17 bits per heavy atom. The van der Waals surface area contributed by atoms with Gasteiger partial charge in [-0.05, 0) is 12.1 Å². The zero-order chi connectivity index (χ0) is 13.1. The molecular formula is C13H15NO4. The fraction of sp³-hybridized carbons (Fsp3) is 0.385. The molecule has 0 aliphatic carbocycles. The van der Waals surface area contributed by atoms with Gasteiger partial charge >= 0.3 is 5.97 Å². The summed E-state index contributed by atoms with van der Waals surface area (Å²) in [4.78, 5) is 25.0. The van der Waals surface area contributed by atoms with Gasteiger partial charge in [0.1, 0.15) is 11.7 Å². The van der Waals surface area contributed by atoms with E-state index in [1.165, 1.54) is 7.11 Å². The summed E-state index contributed by atoms with van der Waals surface area (Å²) in [6.45, 7) is 0.589. The van der Waals surface area contributed by atoms with Crippen molar-refractivity contribution in [3.8, 4) is 5.75 Å². The normalized spacial score (nSPS) is 18.9. The van der Waals surface area contributed by atoms with E-state index < -0.39 is 11.9 Å². The molecule has 1 unspecified atom stereocenters. The van der Waals surface area contributed by atoms with Crippen molar-refractivity contribution in [3.63, 3.8) is 0 Å². The second kappa shape index (κ2) is 5.08. The molecule has 1 saturated heterocycles. The topological polar surface area (TPSA) is 55.8 Å². The smallest absolute Gasteiger partial charge is 0.318 e. The van der Waals surface area contributed by atoms with Gasteiger partial charge in [-0.3, -0.25) is 9.59 Å². The molecule has 0 saturated carbocycles. The average Bonchev–Trinajstić information content (AvgIpc) is 2.80. The van der Waals surface area contributed by atoms with Crippen molar-refractivity contribution in [2.24, 2.45) is 5.92 Å². The van der Waals surface area contributed by atoms with Gasteiger partial charge in [0.2, 0.25) is 0 Å². The summed E-state index contributed by atoms with van der Waals surface area (Å²) in [5.74, 6) is -0.530. The quantitative estimate of drug-likeness (QED) is 0.588. The second-order valence-electron chi connectivity index (χ2n) is 4.12. The van der Waals surface area contributed by atoms with Crippen LogP contribution in [0, 0.1) is 5.92 Å². The molecule has 0 amide bonds. The Bertz CT molecular complexity index is 472.